The van der Waals surface area contributed by atoms with Crippen LogP contribution >= 0.6 is 11.6 Å². The number of esters is 1. The van der Waals surface area contributed by atoms with Crippen molar-refractivity contribution in [2.75, 3.05) is 20.3 Å². The van der Waals surface area contributed by atoms with Crippen molar-refractivity contribution in [3.8, 4) is 0 Å². The number of aliphatic imine (C=N–C) groups is 2. The Balaban J connectivity index is 2.37. The minimum Gasteiger partial charge on any atom is -0.466 e. The molecule has 9 nitrogen and oxygen atoms in total. The number of benzene rings is 1. The minimum absolute atomic E-state index is 0.212. The third kappa shape index (κ3) is 9.81. The second-order valence-corrected chi connectivity index (χ2v) is 10.6. The molecule has 0 amide bonds. The van der Waals surface area contributed by atoms with Gasteiger partial charge in [0, 0.05) is 50.9 Å². The summed E-state index contributed by atoms with van der Waals surface area (Å²) in [5.41, 5.74) is 0.834. The van der Waals surface area contributed by atoms with Gasteiger partial charge in [-0.1, -0.05) is 24.6 Å². The molecule has 1 aliphatic rings. The van der Waals surface area contributed by atoms with Crippen LogP contribution in [0.25, 0.3) is 0 Å². The third-order valence-corrected chi connectivity index (χ3v) is 7.70. The van der Waals surface area contributed by atoms with Gasteiger partial charge >= 0.3 is 5.97 Å². The number of halogens is 2. The molecule has 1 aromatic carbocycles. The molecule has 2 rings (SSSR count). The van der Waals surface area contributed by atoms with Crippen molar-refractivity contribution < 1.29 is 27.1 Å². The van der Waals surface area contributed by atoms with E-state index in [0.29, 0.717) is 26.0 Å². The van der Waals surface area contributed by atoms with E-state index in [9.17, 15) is 17.6 Å². The molecule has 0 aliphatic carbocycles. The Hall–Kier alpha value is -2.34. The summed E-state index contributed by atoms with van der Waals surface area (Å²) in [4.78, 5) is 22.4. The topological polar surface area (TPSA) is 110 Å². The van der Waals surface area contributed by atoms with E-state index < -0.39 is 28.1 Å². The first-order valence-corrected chi connectivity index (χ1v) is 14.1. The van der Waals surface area contributed by atoms with E-state index in [4.69, 9.17) is 21.1 Å². The van der Waals surface area contributed by atoms with Crippen LogP contribution in [0.3, 0.4) is 0 Å². The highest BCUT2D eigenvalue weighted by molar-refractivity contribution is 7.89. The van der Waals surface area contributed by atoms with Crippen molar-refractivity contribution in [3.63, 3.8) is 0 Å². The fourth-order valence-electron chi connectivity index (χ4n) is 3.85. The zero-order chi connectivity index (χ0) is 27.4. The Morgan fingerprint density at radius 3 is 2.81 bits per heavy atom. The molecule has 0 saturated carbocycles. The normalized spacial score (nSPS) is 18.9. The molecule has 0 radical (unpaired) electrons. The van der Waals surface area contributed by atoms with Gasteiger partial charge in [-0.2, -0.15) is 0 Å². The highest BCUT2D eigenvalue weighted by Gasteiger charge is 2.33. The first kappa shape index (κ1) is 30.9. The molecule has 37 heavy (non-hydrogen) atoms. The molecule has 1 aromatic rings. The molecular formula is C25H36ClFN4O5S. The fourth-order valence-corrected chi connectivity index (χ4v) is 5.66. The number of sulfonamides is 1. The van der Waals surface area contributed by atoms with Gasteiger partial charge in [0.1, 0.15) is 16.9 Å². The summed E-state index contributed by atoms with van der Waals surface area (Å²) in [5, 5.41) is -0.212. The van der Waals surface area contributed by atoms with Crippen LogP contribution in [-0.2, 0) is 24.3 Å². The van der Waals surface area contributed by atoms with Gasteiger partial charge in [-0.3, -0.25) is 9.79 Å². The van der Waals surface area contributed by atoms with Crippen molar-refractivity contribution in [1.29, 1.82) is 0 Å². The smallest absolute Gasteiger partial charge is 0.305 e. The minimum atomic E-state index is -4.11. The van der Waals surface area contributed by atoms with E-state index in [2.05, 4.69) is 14.7 Å². The molecule has 0 bridgehead atoms. The average Bonchev–Trinajstić information content (AvgIpc) is 2.84. The van der Waals surface area contributed by atoms with Crippen molar-refractivity contribution in [3.05, 3.63) is 40.8 Å². The lowest BCUT2D eigenvalue weighted by Gasteiger charge is -2.38. The summed E-state index contributed by atoms with van der Waals surface area (Å²) in [6.45, 7) is 6.30. The van der Waals surface area contributed by atoms with Crippen LogP contribution in [0.2, 0.25) is 5.02 Å². The SMILES string of the molecule is CC/C=C1\CC([C@@H](CC=NC(C)OC)NS(=O)(=O)c2ccc(F)cc2Cl)N(CCCC(=O)OCC)C=N1. The van der Waals surface area contributed by atoms with Crippen LogP contribution in [0.4, 0.5) is 4.39 Å². The van der Waals surface area contributed by atoms with Crippen LogP contribution in [0.5, 0.6) is 0 Å². The molecule has 1 N–H and O–H groups in total. The van der Waals surface area contributed by atoms with Crippen molar-refractivity contribution in [2.24, 2.45) is 9.98 Å². The maximum atomic E-state index is 13.6. The van der Waals surface area contributed by atoms with Crippen LogP contribution < -0.4 is 4.72 Å². The number of hydrogen-bond acceptors (Lipinski definition) is 8. The number of carbonyl (C=O) groups excluding carboxylic acids is 1. The highest BCUT2D eigenvalue weighted by Crippen LogP contribution is 2.26. The summed E-state index contributed by atoms with van der Waals surface area (Å²) in [6.07, 6.45) is 7.14. The van der Waals surface area contributed by atoms with Crippen molar-refractivity contribution in [2.45, 2.75) is 76.1 Å². The Kier molecular flexibility index (Phi) is 12.7. The Bertz CT molecular complexity index is 1100. The van der Waals surface area contributed by atoms with Crippen molar-refractivity contribution in [1.82, 2.24) is 9.62 Å². The molecule has 206 valence electrons. The molecule has 0 saturated heterocycles. The maximum absolute atomic E-state index is 13.6. The van der Waals surface area contributed by atoms with Crippen LogP contribution in [0, 0.1) is 5.82 Å². The lowest BCUT2D eigenvalue weighted by Crippen LogP contribution is -2.53. The average molecular weight is 559 g/mol. The van der Waals surface area contributed by atoms with Crippen LogP contribution in [0.15, 0.2) is 44.9 Å². The molecule has 12 heteroatoms. The molecule has 0 fully saturated rings. The number of nitrogens with zero attached hydrogens (tertiary/aromatic N) is 3. The van der Waals surface area contributed by atoms with E-state index in [-0.39, 0.29) is 34.8 Å². The van der Waals surface area contributed by atoms with E-state index >= 15 is 0 Å². The van der Waals surface area contributed by atoms with Gasteiger partial charge in [0.05, 0.1) is 24.0 Å². The zero-order valence-electron chi connectivity index (χ0n) is 21.7. The number of ether oxygens (including phenoxy) is 2. The first-order valence-electron chi connectivity index (χ1n) is 12.3. The maximum Gasteiger partial charge on any atom is 0.305 e. The second kappa shape index (κ2) is 15.2. The number of nitrogens with one attached hydrogen (secondary N) is 1. The monoisotopic (exact) mass is 558 g/mol. The van der Waals surface area contributed by atoms with Gasteiger partial charge in [0.15, 0.2) is 0 Å². The zero-order valence-corrected chi connectivity index (χ0v) is 23.3. The summed E-state index contributed by atoms with van der Waals surface area (Å²) >= 11 is 6.08. The van der Waals surface area contributed by atoms with Gasteiger partial charge in [-0.25, -0.2) is 22.5 Å². The molecular weight excluding hydrogens is 523 g/mol. The summed E-state index contributed by atoms with van der Waals surface area (Å²) in [7, 11) is -2.58. The predicted molar refractivity (Wildman–Crippen MR) is 143 cm³/mol. The Labute approximate surface area is 223 Å². The van der Waals surface area contributed by atoms with E-state index in [1.54, 1.807) is 26.4 Å². The number of methoxy groups -OCH3 is 1. The van der Waals surface area contributed by atoms with Gasteiger partial charge in [0.25, 0.3) is 0 Å². The quantitative estimate of drug-likeness (QED) is 0.269. The van der Waals surface area contributed by atoms with Gasteiger partial charge in [-0.05, 0) is 44.9 Å². The van der Waals surface area contributed by atoms with Crippen LogP contribution in [-0.4, -0.2) is 70.4 Å². The summed E-state index contributed by atoms with van der Waals surface area (Å²) in [5.74, 6) is -0.921. The van der Waals surface area contributed by atoms with Crippen molar-refractivity contribution >= 4 is 40.1 Å². The molecule has 0 aromatic heterocycles. The summed E-state index contributed by atoms with van der Waals surface area (Å²) in [6, 6.07) is 2.17. The molecule has 1 heterocycles. The fraction of sp³-hybridized carbons (Fsp3) is 0.560. The third-order valence-electron chi connectivity index (χ3n) is 5.73. The number of carbonyl (C=O) groups is 1. The molecule has 0 spiro atoms. The lowest BCUT2D eigenvalue weighted by molar-refractivity contribution is -0.143. The molecule has 3 atom stereocenters. The Morgan fingerprint density at radius 2 is 2.16 bits per heavy atom. The second-order valence-electron chi connectivity index (χ2n) is 8.47. The largest absolute Gasteiger partial charge is 0.466 e. The van der Waals surface area contributed by atoms with Gasteiger partial charge in [-0.15, -0.1) is 0 Å². The Morgan fingerprint density at radius 1 is 1.41 bits per heavy atom. The number of hydrogen-bond donors (Lipinski definition) is 1. The molecule has 1 aliphatic heterocycles. The van der Waals surface area contributed by atoms with E-state index in [0.717, 1.165) is 30.3 Å². The number of allylic oxidation sites excluding steroid dienone is 1. The van der Waals surface area contributed by atoms with E-state index in [1.807, 2.05) is 17.9 Å². The predicted octanol–water partition coefficient (Wildman–Crippen LogP) is 4.32. The van der Waals surface area contributed by atoms with Gasteiger partial charge < -0.3 is 14.4 Å². The number of rotatable bonds is 14. The lowest BCUT2D eigenvalue weighted by atomic mass is 9.97. The van der Waals surface area contributed by atoms with Gasteiger partial charge in [0.2, 0.25) is 10.0 Å². The summed E-state index contributed by atoms with van der Waals surface area (Å²) < 4.78 is 53.2. The van der Waals surface area contributed by atoms with E-state index in [1.165, 1.54) is 7.11 Å². The highest BCUT2D eigenvalue weighted by atomic mass is 35.5. The standard InChI is InChI=1S/C25H36ClFN4O5S/c1-5-8-20-16-23(31(17-29-20)14-7-9-25(32)36-6-2)22(12-13-28-18(3)35-4)30-37(33,34)24-11-10-19(27)15-21(24)26/h8,10-11,13,15,17-18,22-23,30H,5-7,9,12,14,16H2,1-4H3/b20-8+,28-13?/t18?,22-,23?/m1/s1. The van der Waals surface area contributed by atoms with Crippen LogP contribution in [0.1, 0.15) is 52.9 Å². The molecule has 2 unspecified atom stereocenters. The first-order chi connectivity index (χ1) is 17.6.